The molecule has 1 amide bonds. The van der Waals surface area contributed by atoms with Crippen LogP contribution < -0.4 is 10.9 Å². The topological polar surface area (TPSA) is 92.7 Å². The van der Waals surface area contributed by atoms with Gasteiger partial charge < -0.3 is 5.32 Å². The summed E-state index contributed by atoms with van der Waals surface area (Å²) in [6.45, 7) is 7.74. The number of rotatable bonds is 5. The van der Waals surface area contributed by atoms with Gasteiger partial charge in [0.1, 0.15) is 17.7 Å². The van der Waals surface area contributed by atoms with Gasteiger partial charge in [-0.1, -0.05) is 36.8 Å². The zero-order valence-corrected chi connectivity index (χ0v) is 19.1. The first-order valence-corrected chi connectivity index (χ1v) is 10.8. The molecule has 2 aromatic carbocycles. The smallest absolute Gasteiger partial charge is 0.252 e. The Morgan fingerprint density at radius 3 is 2.52 bits per heavy atom. The number of carbonyl (C=O) groups is 1. The molecule has 2 heterocycles. The van der Waals surface area contributed by atoms with E-state index in [0.29, 0.717) is 12.1 Å². The van der Waals surface area contributed by atoms with Crippen LogP contribution in [0.3, 0.4) is 0 Å². The van der Waals surface area contributed by atoms with Gasteiger partial charge in [0.2, 0.25) is 5.91 Å². The Labute approximate surface area is 191 Å². The van der Waals surface area contributed by atoms with Gasteiger partial charge in [-0.2, -0.15) is 10.4 Å². The number of para-hydroxylation sites is 1. The average molecular weight is 440 g/mol. The predicted molar refractivity (Wildman–Crippen MR) is 129 cm³/mol. The lowest BCUT2D eigenvalue weighted by Crippen LogP contribution is -2.34. The van der Waals surface area contributed by atoms with Crippen LogP contribution in [0.2, 0.25) is 0 Å². The number of aryl methyl sites for hydroxylation is 3. The SMILES string of the molecule is CCC(C(=O)Nc1c(C#N)cnn1-c1ccccc1)n1c(=O)cc(C)c2cc(C)cc(C)c21. The third kappa shape index (κ3) is 3.92. The van der Waals surface area contributed by atoms with E-state index in [1.807, 2.05) is 70.2 Å². The molecule has 0 radical (unpaired) electrons. The number of fused-ring (bicyclic) bond motifs is 1. The first-order valence-electron chi connectivity index (χ1n) is 10.8. The lowest BCUT2D eigenvalue weighted by molar-refractivity contribution is -0.119. The van der Waals surface area contributed by atoms with Crippen LogP contribution in [-0.4, -0.2) is 20.3 Å². The van der Waals surface area contributed by atoms with Gasteiger partial charge in [0, 0.05) is 11.5 Å². The molecule has 1 atom stereocenters. The highest BCUT2D eigenvalue weighted by Gasteiger charge is 2.25. The Balaban J connectivity index is 1.83. The van der Waals surface area contributed by atoms with E-state index in [9.17, 15) is 14.9 Å². The first kappa shape index (κ1) is 22.0. The maximum absolute atomic E-state index is 13.5. The number of pyridine rings is 1. The minimum Gasteiger partial charge on any atom is -0.308 e. The van der Waals surface area contributed by atoms with Crippen molar-refractivity contribution >= 4 is 22.6 Å². The Bertz CT molecular complexity index is 1460. The molecule has 0 saturated heterocycles. The number of hydrogen-bond acceptors (Lipinski definition) is 4. The average Bonchev–Trinajstić information content (AvgIpc) is 3.19. The molecule has 2 aromatic heterocycles. The van der Waals surface area contributed by atoms with Crippen molar-refractivity contribution in [2.24, 2.45) is 0 Å². The fraction of sp³-hybridized carbons (Fsp3) is 0.231. The number of carbonyl (C=O) groups excluding carboxylic acids is 1. The second-order valence-corrected chi connectivity index (χ2v) is 8.19. The molecule has 7 heteroatoms. The molecule has 1 unspecified atom stereocenters. The van der Waals surface area contributed by atoms with Crippen LogP contribution in [0, 0.1) is 32.1 Å². The molecule has 4 aromatic rings. The molecule has 0 spiro atoms. The van der Waals surface area contributed by atoms with Gasteiger partial charge in [0.15, 0.2) is 5.82 Å². The Morgan fingerprint density at radius 2 is 1.85 bits per heavy atom. The molecule has 0 aliphatic rings. The normalized spacial score (nSPS) is 11.8. The molecule has 1 N–H and O–H groups in total. The summed E-state index contributed by atoms with van der Waals surface area (Å²) in [7, 11) is 0. The summed E-state index contributed by atoms with van der Waals surface area (Å²) >= 11 is 0. The summed E-state index contributed by atoms with van der Waals surface area (Å²) in [5.41, 5.74) is 4.39. The van der Waals surface area contributed by atoms with Crippen molar-refractivity contribution < 1.29 is 4.79 Å². The molecule has 0 fully saturated rings. The van der Waals surface area contributed by atoms with Gasteiger partial charge in [0.25, 0.3) is 5.56 Å². The Kier molecular flexibility index (Phi) is 5.84. The van der Waals surface area contributed by atoms with Crippen LogP contribution >= 0.6 is 0 Å². The second kappa shape index (κ2) is 8.75. The van der Waals surface area contributed by atoms with E-state index in [4.69, 9.17) is 0 Å². The van der Waals surface area contributed by atoms with Gasteiger partial charge in [-0.05, 0) is 56.5 Å². The van der Waals surface area contributed by atoms with Crippen molar-refractivity contribution in [2.45, 2.75) is 40.2 Å². The van der Waals surface area contributed by atoms with Crippen molar-refractivity contribution in [2.75, 3.05) is 5.32 Å². The zero-order chi connectivity index (χ0) is 23.7. The highest BCUT2D eigenvalue weighted by atomic mass is 16.2. The van der Waals surface area contributed by atoms with E-state index in [0.717, 1.165) is 27.6 Å². The zero-order valence-electron chi connectivity index (χ0n) is 19.1. The van der Waals surface area contributed by atoms with Gasteiger partial charge >= 0.3 is 0 Å². The second-order valence-electron chi connectivity index (χ2n) is 8.19. The summed E-state index contributed by atoms with van der Waals surface area (Å²) in [5, 5.41) is 17.7. The molecule has 7 nitrogen and oxygen atoms in total. The van der Waals surface area contributed by atoms with Crippen LogP contribution in [0.4, 0.5) is 5.82 Å². The van der Waals surface area contributed by atoms with E-state index in [1.165, 1.54) is 10.9 Å². The molecule has 0 saturated carbocycles. The van der Waals surface area contributed by atoms with Crippen LogP contribution in [0.25, 0.3) is 16.6 Å². The number of aromatic nitrogens is 3. The number of hydrogen-bond donors (Lipinski definition) is 1. The number of nitrogens with zero attached hydrogens (tertiary/aromatic N) is 4. The molecule has 33 heavy (non-hydrogen) atoms. The van der Waals surface area contributed by atoms with Crippen LogP contribution in [0.5, 0.6) is 0 Å². The van der Waals surface area contributed by atoms with E-state index in [1.54, 1.807) is 10.6 Å². The van der Waals surface area contributed by atoms with Crippen molar-refractivity contribution in [1.82, 2.24) is 14.3 Å². The summed E-state index contributed by atoms with van der Waals surface area (Å²) < 4.78 is 3.09. The van der Waals surface area contributed by atoms with E-state index >= 15 is 0 Å². The maximum atomic E-state index is 13.5. The maximum Gasteiger partial charge on any atom is 0.252 e. The van der Waals surface area contributed by atoms with Gasteiger partial charge in [0.05, 0.1) is 17.4 Å². The van der Waals surface area contributed by atoms with Crippen LogP contribution in [0.1, 0.15) is 41.6 Å². The number of amides is 1. The standard InChI is InChI=1S/C26H25N5O2/c1-5-22(30-23(32)13-17(3)21-12-16(2)11-18(4)24(21)30)26(33)29-25-19(14-27)15-28-31(25)20-9-7-6-8-10-20/h6-13,15,22H,5H2,1-4H3,(H,29,33). The highest BCUT2D eigenvalue weighted by molar-refractivity contribution is 5.96. The third-order valence-corrected chi connectivity index (χ3v) is 5.82. The van der Waals surface area contributed by atoms with Crippen molar-refractivity contribution in [3.63, 3.8) is 0 Å². The third-order valence-electron chi connectivity index (χ3n) is 5.82. The Morgan fingerprint density at radius 1 is 1.12 bits per heavy atom. The van der Waals surface area contributed by atoms with Gasteiger partial charge in [-0.25, -0.2) is 4.68 Å². The van der Waals surface area contributed by atoms with Gasteiger partial charge in [-0.3, -0.25) is 14.2 Å². The molecule has 166 valence electrons. The minimum absolute atomic E-state index is 0.231. The minimum atomic E-state index is -0.757. The summed E-state index contributed by atoms with van der Waals surface area (Å²) in [6, 6.07) is 16.2. The summed E-state index contributed by atoms with van der Waals surface area (Å²) in [6.07, 6.45) is 1.82. The highest BCUT2D eigenvalue weighted by Crippen LogP contribution is 2.27. The van der Waals surface area contributed by atoms with E-state index in [-0.39, 0.29) is 22.8 Å². The monoisotopic (exact) mass is 439 g/mol. The van der Waals surface area contributed by atoms with Gasteiger partial charge in [-0.15, -0.1) is 0 Å². The molecule has 0 aliphatic carbocycles. The molecular formula is C26H25N5O2. The number of benzene rings is 2. The van der Waals surface area contributed by atoms with Crippen molar-refractivity contribution in [3.05, 3.63) is 87.3 Å². The lowest BCUT2D eigenvalue weighted by Gasteiger charge is -2.22. The quantitative estimate of drug-likeness (QED) is 0.493. The number of nitriles is 1. The van der Waals surface area contributed by atoms with Crippen molar-refractivity contribution in [1.29, 1.82) is 5.26 Å². The largest absolute Gasteiger partial charge is 0.308 e. The van der Waals surface area contributed by atoms with Crippen LogP contribution in [-0.2, 0) is 4.79 Å². The fourth-order valence-electron chi connectivity index (χ4n) is 4.33. The van der Waals surface area contributed by atoms with Crippen LogP contribution in [0.15, 0.2) is 59.5 Å². The summed E-state index contributed by atoms with van der Waals surface area (Å²) in [4.78, 5) is 26.7. The molecule has 0 aliphatic heterocycles. The van der Waals surface area contributed by atoms with Crippen molar-refractivity contribution in [3.8, 4) is 11.8 Å². The fourth-order valence-corrected chi connectivity index (χ4v) is 4.33. The first-order chi connectivity index (χ1) is 15.8. The lowest BCUT2D eigenvalue weighted by atomic mass is 10.0. The van der Waals surface area contributed by atoms with E-state index < -0.39 is 6.04 Å². The summed E-state index contributed by atoms with van der Waals surface area (Å²) in [5.74, 6) is -0.0944. The number of nitrogens with one attached hydrogen (secondary N) is 1. The predicted octanol–water partition coefficient (Wildman–Crippen LogP) is 4.57. The number of anilines is 1. The molecule has 0 bridgehead atoms. The molecular weight excluding hydrogens is 414 g/mol. The van der Waals surface area contributed by atoms with E-state index in [2.05, 4.69) is 16.5 Å². The Hall–Kier alpha value is -4.18. The molecule has 4 rings (SSSR count).